The summed E-state index contributed by atoms with van der Waals surface area (Å²) in [4.78, 5) is 6.62. The first-order valence-electron chi connectivity index (χ1n) is 9.52. The van der Waals surface area contributed by atoms with Gasteiger partial charge in [0.1, 0.15) is 5.82 Å². The standard InChI is InChI=1S/C20H24N6O2S/c1-15-12-16(2)14-18(13-15)29(27,28)25-10-8-24(9-11-25)19-4-5-20(23-22-19)26-7-6-21-17(26)3/h4-7,12-14H,8-11H2,1-3H3. The minimum absolute atomic E-state index is 0.364. The van der Waals surface area contributed by atoms with Gasteiger partial charge in [0.15, 0.2) is 11.6 Å². The summed E-state index contributed by atoms with van der Waals surface area (Å²) in [5.41, 5.74) is 1.90. The number of hydrogen-bond donors (Lipinski definition) is 0. The fourth-order valence-corrected chi connectivity index (χ4v) is 5.24. The van der Waals surface area contributed by atoms with Crippen molar-refractivity contribution in [2.75, 3.05) is 31.1 Å². The van der Waals surface area contributed by atoms with Gasteiger partial charge in [0.05, 0.1) is 4.90 Å². The van der Waals surface area contributed by atoms with E-state index in [4.69, 9.17) is 0 Å². The molecule has 4 rings (SSSR count). The number of piperazine rings is 1. The van der Waals surface area contributed by atoms with Crippen LogP contribution in [-0.4, -0.2) is 58.7 Å². The zero-order valence-corrected chi connectivity index (χ0v) is 17.6. The van der Waals surface area contributed by atoms with E-state index in [0.717, 1.165) is 22.8 Å². The molecule has 9 heteroatoms. The van der Waals surface area contributed by atoms with Crippen molar-refractivity contribution in [3.05, 3.63) is 59.7 Å². The minimum atomic E-state index is -3.49. The van der Waals surface area contributed by atoms with Crippen LogP contribution in [0.1, 0.15) is 17.0 Å². The predicted molar refractivity (Wildman–Crippen MR) is 111 cm³/mol. The number of aryl methyl sites for hydroxylation is 3. The second-order valence-corrected chi connectivity index (χ2v) is 9.25. The summed E-state index contributed by atoms with van der Waals surface area (Å²) in [5.74, 6) is 2.30. The Labute approximate surface area is 170 Å². The largest absolute Gasteiger partial charge is 0.352 e. The Morgan fingerprint density at radius 1 is 0.862 bits per heavy atom. The lowest BCUT2D eigenvalue weighted by atomic mass is 10.2. The third-order valence-electron chi connectivity index (χ3n) is 5.10. The van der Waals surface area contributed by atoms with Crippen LogP contribution in [0.4, 0.5) is 5.82 Å². The Kier molecular flexibility index (Phi) is 5.10. The fourth-order valence-electron chi connectivity index (χ4n) is 3.62. The van der Waals surface area contributed by atoms with Crippen molar-refractivity contribution in [2.24, 2.45) is 0 Å². The van der Waals surface area contributed by atoms with E-state index in [0.29, 0.717) is 36.9 Å². The molecule has 0 aliphatic carbocycles. The maximum Gasteiger partial charge on any atom is 0.243 e. The van der Waals surface area contributed by atoms with Crippen LogP contribution in [-0.2, 0) is 10.0 Å². The van der Waals surface area contributed by atoms with Gasteiger partial charge >= 0.3 is 0 Å². The molecule has 1 aliphatic heterocycles. The predicted octanol–water partition coefficient (Wildman–Crippen LogP) is 2.10. The van der Waals surface area contributed by atoms with Crippen molar-refractivity contribution in [1.29, 1.82) is 0 Å². The highest BCUT2D eigenvalue weighted by Gasteiger charge is 2.29. The molecule has 0 radical (unpaired) electrons. The van der Waals surface area contributed by atoms with Crippen LogP contribution >= 0.6 is 0 Å². The maximum atomic E-state index is 13.0. The van der Waals surface area contributed by atoms with E-state index in [1.54, 1.807) is 22.6 Å². The van der Waals surface area contributed by atoms with Crippen LogP contribution in [0.25, 0.3) is 5.82 Å². The van der Waals surface area contributed by atoms with Gasteiger partial charge in [-0.2, -0.15) is 4.31 Å². The molecule has 8 nitrogen and oxygen atoms in total. The SMILES string of the molecule is Cc1cc(C)cc(S(=O)(=O)N2CCN(c3ccc(-n4ccnc4C)nn3)CC2)c1. The molecule has 0 amide bonds. The van der Waals surface area contributed by atoms with Gasteiger partial charge in [-0.3, -0.25) is 4.57 Å². The molecule has 3 heterocycles. The molecule has 3 aromatic rings. The number of rotatable bonds is 4. The summed E-state index contributed by atoms with van der Waals surface area (Å²) < 4.78 is 29.4. The molecule has 0 N–H and O–H groups in total. The van der Waals surface area contributed by atoms with Crippen LogP contribution in [0.5, 0.6) is 0 Å². The molecule has 0 bridgehead atoms. The zero-order chi connectivity index (χ0) is 20.6. The maximum absolute atomic E-state index is 13.0. The zero-order valence-electron chi connectivity index (χ0n) is 16.8. The van der Waals surface area contributed by atoms with Crippen LogP contribution in [0, 0.1) is 20.8 Å². The van der Waals surface area contributed by atoms with Crippen LogP contribution < -0.4 is 4.90 Å². The van der Waals surface area contributed by atoms with E-state index in [9.17, 15) is 8.42 Å². The highest BCUT2D eigenvalue weighted by Crippen LogP contribution is 2.22. The van der Waals surface area contributed by atoms with Crippen molar-refractivity contribution in [2.45, 2.75) is 25.7 Å². The lowest BCUT2D eigenvalue weighted by Gasteiger charge is -2.34. The molecular weight excluding hydrogens is 388 g/mol. The van der Waals surface area contributed by atoms with E-state index in [1.807, 2.05) is 49.7 Å². The number of sulfonamides is 1. The molecule has 0 unspecified atom stereocenters. The van der Waals surface area contributed by atoms with Crippen LogP contribution in [0.15, 0.2) is 47.6 Å². The van der Waals surface area contributed by atoms with Gasteiger partial charge in [-0.15, -0.1) is 10.2 Å². The third kappa shape index (κ3) is 3.88. The van der Waals surface area contributed by atoms with Gasteiger partial charge in [-0.1, -0.05) is 6.07 Å². The fraction of sp³-hybridized carbons (Fsp3) is 0.350. The average molecular weight is 413 g/mol. The molecule has 0 spiro atoms. The van der Waals surface area contributed by atoms with Crippen LogP contribution in [0.2, 0.25) is 0 Å². The van der Waals surface area contributed by atoms with Gasteiger partial charge in [-0.25, -0.2) is 13.4 Å². The molecule has 1 aromatic carbocycles. The Bertz CT molecular complexity index is 1100. The highest BCUT2D eigenvalue weighted by molar-refractivity contribution is 7.89. The van der Waals surface area contributed by atoms with Crippen LogP contribution in [0.3, 0.4) is 0 Å². The highest BCUT2D eigenvalue weighted by atomic mass is 32.2. The quantitative estimate of drug-likeness (QED) is 0.653. The molecule has 152 valence electrons. The summed E-state index contributed by atoms with van der Waals surface area (Å²) in [5, 5.41) is 8.62. The van der Waals surface area contributed by atoms with Crippen molar-refractivity contribution in [3.63, 3.8) is 0 Å². The Morgan fingerprint density at radius 3 is 2.03 bits per heavy atom. The van der Waals surface area contributed by atoms with Crippen molar-refractivity contribution < 1.29 is 8.42 Å². The third-order valence-corrected chi connectivity index (χ3v) is 6.98. The molecule has 0 atom stereocenters. The average Bonchev–Trinajstić information content (AvgIpc) is 3.13. The smallest absolute Gasteiger partial charge is 0.243 e. The Hall–Kier alpha value is -2.78. The number of nitrogens with zero attached hydrogens (tertiary/aromatic N) is 6. The van der Waals surface area contributed by atoms with E-state index in [1.165, 1.54) is 0 Å². The van der Waals surface area contributed by atoms with Crippen molar-refractivity contribution >= 4 is 15.8 Å². The number of aromatic nitrogens is 4. The van der Waals surface area contributed by atoms with Crippen molar-refractivity contribution in [3.8, 4) is 5.82 Å². The van der Waals surface area contributed by atoms with E-state index in [2.05, 4.69) is 20.1 Å². The van der Waals surface area contributed by atoms with E-state index >= 15 is 0 Å². The summed E-state index contributed by atoms with van der Waals surface area (Å²) >= 11 is 0. The topological polar surface area (TPSA) is 84.2 Å². The monoisotopic (exact) mass is 412 g/mol. The van der Waals surface area contributed by atoms with Gasteiger partial charge in [0, 0.05) is 38.6 Å². The lowest BCUT2D eigenvalue weighted by molar-refractivity contribution is 0.383. The number of anilines is 1. The van der Waals surface area contributed by atoms with Gasteiger partial charge in [0.2, 0.25) is 10.0 Å². The number of hydrogen-bond acceptors (Lipinski definition) is 6. The first-order valence-corrected chi connectivity index (χ1v) is 11.0. The summed E-state index contributed by atoms with van der Waals surface area (Å²) in [6, 6.07) is 9.25. The Morgan fingerprint density at radius 2 is 1.48 bits per heavy atom. The second-order valence-electron chi connectivity index (χ2n) is 7.31. The normalized spacial score (nSPS) is 15.6. The molecule has 1 saturated heterocycles. The molecule has 29 heavy (non-hydrogen) atoms. The van der Waals surface area contributed by atoms with E-state index in [-0.39, 0.29) is 0 Å². The number of benzene rings is 1. The summed E-state index contributed by atoms with van der Waals surface area (Å²) in [7, 11) is -3.49. The molecule has 1 fully saturated rings. The molecule has 2 aromatic heterocycles. The van der Waals surface area contributed by atoms with Gasteiger partial charge < -0.3 is 4.90 Å². The molecule has 1 aliphatic rings. The van der Waals surface area contributed by atoms with E-state index < -0.39 is 10.0 Å². The molecule has 0 saturated carbocycles. The summed E-state index contributed by atoms with van der Waals surface area (Å²) in [6.07, 6.45) is 3.57. The summed E-state index contributed by atoms with van der Waals surface area (Å²) in [6.45, 7) is 7.71. The second kappa shape index (κ2) is 7.57. The first-order chi connectivity index (χ1) is 13.8. The first kappa shape index (κ1) is 19.5. The number of imidazole rings is 1. The van der Waals surface area contributed by atoms with Gasteiger partial charge in [0.25, 0.3) is 0 Å². The van der Waals surface area contributed by atoms with Gasteiger partial charge in [-0.05, 0) is 56.2 Å². The van der Waals surface area contributed by atoms with Crippen molar-refractivity contribution in [1.82, 2.24) is 24.1 Å². The minimum Gasteiger partial charge on any atom is -0.352 e. The molecular formula is C20H24N6O2S. The lowest BCUT2D eigenvalue weighted by Crippen LogP contribution is -2.49. The Balaban J connectivity index is 1.46.